The number of amides is 3. The second-order valence-corrected chi connectivity index (χ2v) is 17.7. The van der Waals surface area contributed by atoms with Crippen LogP contribution < -0.4 is 30.5 Å². The Hall–Kier alpha value is -5.89. The number of phenolic OH excluding ortho intramolecular Hbond substituents is 1. The summed E-state index contributed by atoms with van der Waals surface area (Å²) in [7, 11) is 0. The van der Waals surface area contributed by atoms with E-state index < -0.39 is 0 Å². The molecule has 14 nitrogen and oxygen atoms in total. The number of phenols is 1. The van der Waals surface area contributed by atoms with Crippen LogP contribution in [0, 0.1) is 5.92 Å². The number of nitrogens with zero attached hydrogens (tertiary/aromatic N) is 6. The van der Waals surface area contributed by atoms with Gasteiger partial charge < -0.3 is 39.9 Å². The number of para-hydroxylation sites is 1. The monoisotopic (exact) mass is 826 g/mol. The molecule has 0 spiro atoms. The first-order valence-corrected chi connectivity index (χ1v) is 22.0. The van der Waals surface area contributed by atoms with Gasteiger partial charge in [-0.05, 0) is 86.4 Å². The van der Waals surface area contributed by atoms with Gasteiger partial charge in [-0.3, -0.25) is 19.7 Å². The van der Waals surface area contributed by atoms with Crippen molar-refractivity contribution in [3.63, 3.8) is 0 Å². The molecule has 14 heteroatoms. The van der Waals surface area contributed by atoms with E-state index in [0.29, 0.717) is 68.6 Å². The number of anilines is 4. The lowest BCUT2D eigenvalue weighted by Gasteiger charge is -2.50. The Kier molecular flexibility index (Phi) is 10.6. The highest BCUT2D eigenvalue weighted by atomic mass is 16.5. The highest BCUT2D eigenvalue weighted by Gasteiger charge is 2.41. The summed E-state index contributed by atoms with van der Waals surface area (Å²) >= 11 is 0. The summed E-state index contributed by atoms with van der Waals surface area (Å²) in [5, 5.41) is 21.6. The molecule has 3 amide bonds. The fourth-order valence-corrected chi connectivity index (χ4v) is 10.8. The van der Waals surface area contributed by atoms with Crippen LogP contribution >= 0.6 is 0 Å². The lowest BCUT2D eigenvalue weighted by molar-refractivity contribution is -0.135. The lowest BCUT2D eigenvalue weighted by atomic mass is 9.80. The number of fused-ring (bicyclic) bond motifs is 3. The molecule has 2 bridgehead atoms. The Morgan fingerprint density at radius 2 is 1.66 bits per heavy atom. The minimum Gasteiger partial charge on any atom is -0.507 e. The van der Waals surface area contributed by atoms with E-state index >= 15 is 0 Å². The summed E-state index contributed by atoms with van der Waals surface area (Å²) in [6.45, 7) is 5.29. The molecule has 0 saturated carbocycles. The van der Waals surface area contributed by atoms with Gasteiger partial charge in [0.2, 0.25) is 17.7 Å². The number of aromatic hydroxyl groups is 1. The average molecular weight is 827 g/mol. The quantitative estimate of drug-likeness (QED) is 0.183. The van der Waals surface area contributed by atoms with Crippen LogP contribution in [0.2, 0.25) is 0 Å². The second-order valence-electron chi connectivity index (χ2n) is 17.7. The van der Waals surface area contributed by atoms with E-state index in [0.717, 1.165) is 80.8 Å². The van der Waals surface area contributed by atoms with Crippen LogP contribution in [0.1, 0.15) is 68.4 Å². The number of rotatable bonds is 10. The van der Waals surface area contributed by atoms with Crippen molar-refractivity contribution in [2.24, 2.45) is 5.92 Å². The van der Waals surface area contributed by atoms with Crippen molar-refractivity contribution < 1.29 is 29.0 Å². The Bertz CT molecular complexity index is 2300. The third-order valence-electron chi connectivity index (χ3n) is 13.9. The van der Waals surface area contributed by atoms with E-state index in [1.54, 1.807) is 12.1 Å². The molecule has 1 aromatic heterocycles. The van der Waals surface area contributed by atoms with Crippen LogP contribution in [0.25, 0.3) is 11.3 Å². The molecule has 0 radical (unpaired) electrons. The maximum atomic E-state index is 13.4. The van der Waals surface area contributed by atoms with Crippen molar-refractivity contribution in [2.45, 2.75) is 87.9 Å². The molecular formula is C47H54N8O6. The van der Waals surface area contributed by atoms with E-state index in [2.05, 4.69) is 66.6 Å². The summed E-state index contributed by atoms with van der Waals surface area (Å²) in [5.41, 5.74) is 13.4. The van der Waals surface area contributed by atoms with Gasteiger partial charge in [-0.1, -0.05) is 24.3 Å². The number of imide groups is 1. The lowest BCUT2D eigenvalue weighted by Crippen LogP contribution is -2.56. The molecule has 61 heavy (non-hydrogen) atoms. The Labute approximate surface area is 356 Å². The Morgan fingerprint density at radius 1 is 0.885 bits per heavy atom. The van der Waals surface area contributed by atoms with Crippen LogP contribution in [0.5, 0.6) is 11.5 Å². The molecule has 7 heterocycles. The largest absolute Gasteiger partial charge is 0.507 e. The number of benzene rings is 3. The molecule has 5 fully saturated rings. The van der Waals surface area contributed by atoms with Crippen molar-refractivity contribution in [3.8, 4) is 22.8 Å². The molecule has 3 aromatic carbocycles. The van der Waals surface area contributed by atoms with Gasteiger partial charge in [0, 0.05) is 98.2 Å². The third kappa shape index (κ3) is 7.82. The molecule has 4 aromatic rings. The molecule has 6 aliphatic heterocycles. The van der Waals surface area contributed by atoms with E-state index in [1.165, 1.54) is 11.3 Å². The number of nitrogens with two attached hydrogens (primary N) is 1. The van der Waals surface area contributed by atoms with Gasteiger partial charge in [0.05, 0.1) is 31.0 Å². The second kappa shape index (κ2) is 16.5. The number of ether oxygens (including phenoxy) is 2. The molecule has 4 N–H and O–H groups in total. The van der Waals surface area contributed by atoms with E-state index in [9.17, 15) is 19.5 Å². The number of morpholine rings is 1. The van der Waals surface area contributed by atoms with Gasteiger partial charge in [-0.2, -0.15) is 0 Å². The normalized spacial score (nSPS) is 24.3. The van der Waals surface area contributed by atoms with E-state index in [1.807, 2.05) is 29.2 Å². The minimum absolute atomic E-state index is 0.0481. The first-order chi connectivity index (χ1) is 29.8. The molecule has 0 aliphatic carbocycles. The third-order valence-corrected chi connectivity index (χ3v) is 13.9. The zero-order valence-corrected chi connectivity index (χ0v) is 34.5. The van der Waals surface area contributed by atoms with Crippen LogP contribution in [0.4, 0.5) is 22.9 Å². The number of carbonyl (C=O) groups excluding carboxylic acids is 3. The first-order valence-electron chi connectivity index (χ1n) is 22.0. The Morgan fingerprint density at radius 3 is 2.44 bits per heavy atom. The number of nitrogen functional groups attached to an aromatic ring is 1. The number of hydrogen-bond acceptors (Lipinski definition) is 12. The van der Waals surface area contributed by atoms with Crippen molar-refractivity contribution in [3.05, 3.63) is 83.9 Å². The van der Waals surface area contributed by atoms with Crippen LogP contribution in [0.3, 0.4) is 0 Å². The standard InChI is InChI=1S/C47H54N8O6/c48-46-38(24-39(50-51-46)36-7-1-2-10-43(36)56)30-21-32-27-60-28-33(22-30)55(32)31-5-3-6-35(23-31)61-34-15-18-52(19-16-34)45(58)14-11-29-25-53(26-29)40-8-4-9-41-37(40)17-20-54(41)42-12-13-44(57)49-47(42)59/h1-10,23-24,29-30,32-34,42,56H,11-22,25-28H2,(H2,48,51)(H,49,57,59)/t30?,32-,33+,42-/m1/s1. The summed E-state index contributed by atoms with van der Waals surface area (Å²) in [6.07, 6.45) is 6.62. The summed E-state index contributed by atoms with van der Waals surface area (Å²) in [5.74, 6) is 1.96. The van der Waals surface area contributed by atoms with Crippen molar-refractivity contribution in [2.75, 3.05) is 66.4 Å². The van der Waals surface area contributed by atoms with Crippen LogP contribution in [-0.4, -0.2) is 108 Å². The van der Waals surface area contributed by atoms with E-state index in [4.69, 9.17) is 15.2 Å². The number of nitrogens with one attached hydrogen (secondary N) is 1. The fraction of sp³-hybridized carbons (Fsp3) is 0.468. The molecule has 10 rings (SSSR count). The van der Waals surface area contributed by atoms with Crippen molar-refractivity contribution >= 4 is 40.6 Å². The molecule has 5 saturated heterocycles. The van der Waals surface area contributed by atoms with Gasteiger partial charge >= 0.3 is 0 Å². The zero-order valence-electron chi connectivity index (χ0n) is 34.5. The SMILES string of the molecule is Nc1nnc(-c2ccccc2O)cc1C1C[C@H]2COC[C@@H](C1)N2c1cccc(OC2CCN(C(=O)CCC3CN(c4cccc5c4CCN5[C@@H]4CCC(=O)NC4=O)C3)CC2)c1. The summed E-state index contributed by atoms with van der Waals surface area (Å²) in [6, 6.07) is 23.9. The van der Waals surface area contributed by atoms with Gasteiger partial charge in [0.25, 0.3) is 0 Å². The minimum atomic E-state index is -0.296. The first kappa shape index (κ1) is 39.3. The molecular weight excluding hydrogens is 773 g/mol. The predicted octanol–water partition coefficient (Wildman–Crippen LogP) is 5.04. The van der Waals surface area contributed by atoms with E-state index in [-0.39, 0.29) is 53.6 Å². The number of carbonyl (C=O) groups is 3. The molecule has 1 unspecified atom stereocenters. The average Bonchev–Trinajstić information content (AvgIpc) is 3.68. The van der Waals surface area contributed by atoms with Gasteiger partial charge in [-0.15, -0.1) is 10.2 Å². The smallest absolute Gasteiger partial charge is 0.249 e. The number of likely N-dealkylation sites (tertiary alicyclic amines) is 1. The van der Waals surface area contributed by atoms with Crippen molar-refractivity contribution in [1.29, 1.82) is 0 Å². The van der Waals surface area contributed by atoms with Crippen LogP contribution in [-0.2, 0) is 25.5 Å². The topological polar surface area (TPSA) is 167 Å². The van der Waals surface area contributed by atoms with Gasteiger partial charge in [0.15, 0.2) is 0 Å². The maximum Gasteiger partial charge on any atom is 0.249 e. The predicted molar refractivity (Wildman–Crippen MR) is 232 cm³/mol. The van der Waals surface area contributed by atoms with Gasteiger partial charge in [0.1, 0.15) is 29.5 Å². The number of aromatic nitrogens is 2. The molecule has 6 aliphatic rings. The number of piperidine rings is 3. The highest BCUT2D eigenvalue weighted by molar-refractivity contribution is 6.02. The zero-order chi connectivity index (χ0) is 41.6. The van der Waals surface area contributed by atoms with Crippen LogP contribution in [0.15, 0.2) is 72.8 Å². The molecule has 4 atom stereocenters. The highest BCUT2D eigenvalue weighted by Crippen LogP contribution is 2.44. The summed E-state index contributed by atoms with van der Waals surface area (Å²) < 4.78 is 12.7. The molecule has 318 valence electrons. The Balaban J connectivity index is 0.696. The van der Waals surface area contributed by atoms with Gasteiger partial charge in [-0.25, -0.2) is 0 Å². The summed E-state index contributed by atoms with van der Waals surface area (Å²) in [4.78, 5) is 46.8. The number of hydrogen-bond donors (Lipinski definition) is 3. The maximum absolute atomic E-state index is 13.4. The fourth-order valence-electron chi connectivity index (χ4n) is 10.8. The van der Waals surface area contributed by atoms with Crippen molar-refractivity contribution in [1.82, 2.24) is 20.4 Å².